The lowest BCUT2D eigenvalue weighted by Crippen LogP contribution is -2.22. The highest BCUT2D eigenvalue weighted by atomic mass is 16.5. The second-order valence-corrected chi connectivity index (χ2v) is 7.38. The molecule has 0 aliphatic carbocycles. The molecule has 3 aromatic rings. The number of amides is 1. The third-order valence-corrected chi connectivity index (χ3v) is 5.06. The lowest BCUT2D eigenvalue weighted by Gasteiger charge is -2.11. The minimum atomic E-state index is -0.0420. The van der Waals surface area contributed by atoms with Crippen molar-refractivity contribution in [3.8, 4) is 5.75 Å². The first-order chi connectivity index (χ1) is 14.7. The Bertz CT molecular complexity index is 991. The molecule has 5 heteroatoms. The van der Waals surface area contributed by atoms with Crippen LogP contribution in [0.15, 0.2) is 60.7 Å². The van der Waals surface area contributed by atoms with Gasteiger partial charge in [0.2, 0.25) is 5.91 Å². The maximum Gasteiger partial charge on any atom is 0.243 e. The number of nitrogens with zero attached hydrogens (tertiary/aromatic N) is 2. The zero-order valence-corrected chi connectivity index (χ0v) is 17.9. The van der Waals surface area contributed by atoms with Crippen molar-refractivity contribution in [2.24, 2.45) is 0 Å². The highest BCUT2D eigenvalue weighted by Gasteiger charge is 2.10. The van der Waals surface area contributed by atoms with Gasteiger partial charge in [0.1, 0.15) is 11.6 Å². The second-order valence-electron chi connectivity index (χ2n) is 7.38. The molecule has 0 spiro atoms. The third kappa shape index (κ3) is 5.96. The molecule has 30 heavy (non-hydrogen) atoms. The highest BCUT2D eigenvalue weighted by Crippen LogP contribution is 2.19. The van der Waals surface area contributed by atoms with E-state index in [2.05, 4.69) is 41.1 Å². The number of carbonyl (C=O) groups is 1. The maximum absolute atomic E-state index is 11.6. The van der Waals surface area contributed by atoms with Crippen LogP contribution < -0.4 is 10.1 Å². The average Bonchev–Trinajstić information content (AvgIpc) is 3.10. The van der Waals surface area contributed by atoms with E-state index >= 15 is 0 Å². The fourth-order valence-corrected chi connectivity index (χ4v) is 3.51. The van der Waals surface area contributed by atoms with E-state index in [1.807, 2.05) is 31.2 Å². The van der Waals surface area contributed by atoms with Crippen molar-refractivity contribution >= 4 is 16.9 Å². The van der Waals surface area contributed by atoms with E-state index in [0.717, 1.165) is 49.3 Å². The molecular formula is C25H31N3O2. The lowest BCUT2D eigenvalue weighted by molar-refractivity contribution is -0.116. The molecule has 0 unspecified atom stereocenters. The minimum Gasteiger partial charge on any atom is -0.493 e. The number of allylic oxidation sites excluding steroid dienone is 1. The summed E-state index contributed by atoms with van der Waals surface area (Å²) in [6.07, 6.45) is 7.01. The van der Waals surface area contributed by atoms with Gasteiger partial charge in [0.05, 0.1) is 17.6 Å². The molecule has 3 rings (SSSR count). The van der Waals surface area contributed by atoms with Gasteiger partial charge >= 0.3 is 0 Å². The Morgan fingerprint density at radius 2 is 1.90 bits per heavy atom. The van der Waals surface area contributed by atoms with Crippen LogP contribution in [0.1, 0.15) is 37.6 Å². The number of imidazole rings is 1. The Morgan fingerprint density at radius 3 is 2.73 bits per heavy atom. The van der Waals surface area contributed by atoms with Crippen molar-refractivity contribution in [2.75, 3.05) is 13.2 Å². The van der Waals surface area contributed by atoms with Gasteiger partial charge in [-0.3, -0.25) is 4.79 Å². The van der Waals surface area contributed by atoms with E-state index in [-0.39, 0.29) is 5.91 Å². The summed E-state index contributed by atoms with van der Waals surface area (Å²) in [5.74, 6) is 2.00. The summed E-state index contributed by atoms with van der Waals surface area (Å²) in [7, 11) is 0. The predicted molar refractivity (Wildman–Crippen MR) is 122 cm³/mol. The molecule has 0 fully saturated rings. The number of benzene rings is 2. The zero-order chi connectivity index (χ0) is 21.2. The molecular weight excluding hydrogens is 374 g/mol. The van der Waals surface area contributed by atoms with Crippen molar-refractivity contribution in [1.29, 1.82) is 0 Å². The SMILES string of the molecule is C/C=C\C(=O)NCCCc1nc2ccccc2n1CCCCOc1ccccc1C. The molecule has 0 aliphatic heterocycles. The number of carbonyl (C=O) groups excluding carboxylic acids is 1. The maximum atomic E-state index is 11.6. The molecule has 2 aromatic carbocycles. The van der Waals surface area contributed by atoms with Crippen LogP contribution in [-0.2, 0) is 17.8 Å². The number of ether oxygens (including phenoxy) is 1. The van der Waals surface area contributed by atoms with E-state index in [1.165, 1.54) is 11.1 Å². The first kappa shape index (κ1) is 21.6. The van der Waals surface area contributed by atoms with Crippen LogP contribution in [0, 0.1) is 6.92 Å². The zero-order valence-electron chi connectivity index (χ0n) is 17.9. The molecule has 0 atom stereocenters. The summed E-state index contributed by atoms with van der Waals surface area (Å²) in [5.41, 5.74) is 3.37. The smallest absolute Gasteiger partial charge is 0.243 e. The molecule has 0 aliphatic rings. The van der Waals surface area contributed by atoms with Gasteiger partial charge in [-0.15, -0.1) is 0 Å². The van der Waals surface area contributed by atoms with Gasteiger partial charge in [-0.2, -0.15) is 0 Å². The molecule has 1 aromatic heterocycles. The van der Waals surface area contributed by atoms with E-state index < -0.39 is 0 Å². The van der Waals surface area contributed by atoms with E-state index in [4.69, 9.17) is 9.72 Å². The molecule has 158 valence electrons. The Labute approximate surface area is 178 Å². The summed E-state index contributed by atoms with van der Waals surface area (Å²) in [4.78, 5) is 16.4. The third-order valence-electron chi connectivity index (χ3n) is 5.06. The van der Waals surface area contributed by atoms with Crippen LogP contribution in [0.2, 0.25) is 0 Å². The van der Waals surface area contributed by atoms with Crippen molar-refractivity contribution in [3.63, 3.8) is 0 Å². The van der Waals surface area contributed by atoms with Gasteiger partial charge in [0.15, 0.2) is 0 Å². The number of rotatable bonds is 11. The van der Waals surface area contributed by atoms with Gasteiger partial charge in [0.25, 0.3) is 0 Å². The fourth-order valence-electron chi connectivity index (χ4n) is 3.51. The van der Waals surface area contributed by atoms with Gasteiger partial charge in [-0.25, -0.2) is 4.98 Å². The highest BCUT2D eigenvalue weighted by molar-refractivity contribution is 5.87. The van der Waals surface area contributed by atoms with Crippen molar-refractivity contribution in [1.82, 2.24) is 14.9 Å². The Hall–Kier alpha value is -3.08. The first-order valence-electron chi connectivity index (χ1n) is 10.7. The summed E-state index contributed by atoms with van der Waals surface area (Å²) < 4.78 is 8.24. The summed E-state index contributed by atoms with van der Waals surface area (Å²) in [6.45, 7) is 6.19. The van der Waals surface area contributed by atoms with E-state index in [1.54, 1.807) is 12.2 Å². The Morgan fingerprint density at radius 1 is 1.10 bits per heavy atom. The van der Waals surface area contributed by atoms with Gasteiger partial charge < -0.3 is 14.6 Å². The van der Waals surface area contributed by atoms with Crippen LogP contribution in [0.3, 0.4) is 0 Å². The van der Waals surface area contributed by atoms with Crippen molar-refractivity contribution < 1.29 is 9.53 Å². The fraction of sp³-hybridized carbons (Fsp3) is 0.360. The molecule has 0 saturated carbocycles. The molecule has 1 amide bonds. The first-order valence-corrected chi connectivity index (χ1v) is 10.7. The summed E-state index contributed by atoms with van der Waals surface area (Å²) in [6, 6.07) is 16.4. The predicted octanol–water partition coefficient (Wildman–Crippen LogP) is 4.83. The molecule has 0 radical (unpaired) electrons. The average molecular weight is 406 g/mol. The second kappa shape index (κ2) is 11.2. The van der Waals surface area contributed by atoms with E-state index in [9.17, 15) is 4.79 Å². The standard InChI is InChI=1S/C25H31N3O2/c1-3-11-25(29)26-17-10-16-24-27-21-13-5-6-14-22(21)28(24)18-8-9-19-30-23-15-7-4-12-20(23)2/h3-7,11-15H,8-10,16-19H2,1-2H3,(H,26,29)/b11-3-. The number of para-hydroxylation sites is 3. The van der Waals surface area contributed by atoms with E-state index in [0.29, 0.717) is 13.2 Å². The number of aryl methyl sites for hydroxylation is 3. The number of fused-ring (bicyclic) bond motifs is 1. The summed E-state index contributed by atoms with van der Waals surface area (Å²) in [5, 5.41) is 2.91. The van der Waals surface area contributed by atoms with Gasteiger partial charge in [0, 0.05) is 19.5 Å². The number of nitrogens with one attached hydrogen (secondary N) is 1. The van der Waals surface area contributed by atoms with Crippen LogP contribution in [0.5, 0.6) is 5.75 Å². The van der Waals surface area contributed by atoms with Gasteiger partial charge in [-0.1, -0.05) is 36.4 Å². The topological polar surface area (TPSA) is 56.2 Å². The monoisotopic (exact) mass is 405 g/mol. The molecule has 0 saturated heterocycles. The number of unbranched alkanes of at least 4 members (excludes halogenated alkanes) is 1. The number of aromatic nitrogens is 2. The largest absolute Gasteiger partial charge is 0.493 e. The minimum absolute atomic E-state index is 0.0420. The molecule has 1 N–H and O–H groups in total. The number of hydrogen-bond acceptors (Lipinski definition) is 3. The van der Waals surface area contributed by atoms with Crippen LogP contribution in [0.25, 0.3) is 11.0 Å². The van der Waals surface area contributed by atoms with Crippen LogP contribution >= 0.6 is 0 Å². The lowest BCUT2D eigenvalue weighted by atomic mass is 10.2. The van der Waals surface area contributed by atoms with Crippen LogP contribution in [-0.4, -0.2) is 28.6 Å². The quantitative estimate of drug-likeness (QED) is 0.367. The van der Waals surface area contributed by atoms with Crippen molar-refractivity contribution in [3.05, 3.63) is 72.1 Å². The molecule has 5 nitrogen and oxygen atoms in total. The number of hydrogen-bond donors (Lipinski definition) is 1. The Balaban J connectivity index is 1.53. The summed E-state index contributed by atoms with van der Waals surface area (Å²) >= 11 is 0. The van der Waals surface area contributed by atoms with Crippen LogP contribution in [0.4, 0.5) is 0 Å². The molecule has 1 heterocycles. The molecule has 0 bridgehead atoms. The van der Waals surface area contributed by atoms with Crippen molar-refractivity contribution in [2.45, 2.75) is 46.1 Å². The van der Waals surface area contributed by atoms with Gasteiger partial charge in [-0.05, 0) is 62.9 Å². The normalized spacial score (nSPS) is 11.3. The Kier molecular flexibility index (Phi) is 8.07.